The Kier molecular flexibility index (Phi) is 8.79. The second kappa shape index (κ2) is 10.1. The van der Waals surface area contributed by atoms with Crippen molar-refractivity contribution in [1.29, 1.82) is 0 Å². The van der Waals surface area contributed by atoms with E-state index in [1.807, 2.05) is 7.05 Å². The topological polar surface area (TPSA) is 51.7 Å². The van der Waals surface area contributed by atoms with Gasteiger partial charge in [-0.25, -0.2) is 0 Å². The van der Waals surface area contributed by atoms with E-state index in [2.05, 4.69) is 53.5 Å². The average Bonchev–Trinajstić information content (AvgIpc) is 2.49. The van der Waals surface area contributed by atoms with Crippen LogP contribution in [0, 0.1) is 0 Å². The lowest BCUT2D eigenvalue weighted by molar-refractivity contribution is 0.147. The Morgan fingerprint density at radius 3 is 2.50 bits per heavy atom. The van der Waals surface area contributed by atoms with E-state index in [9.17, 15) is 0 Å². The molecule has 1 saturated heterocycles. The molecule has 0 radical (unpaired) electrons. The Balaban J connectivity index is 2.18. The normalized spacial score (nSPS) is 21.0. The van der Waals surface area contributed by atoms with Crippen LogP contribution in [0.3, 0.4) is 0 Å². The fourth-order valence-corrected chi connectivity index (χ4v) is 2.97. The summed E-state index contributed by atoms with van der Waals surface area (Å²) in [6, 6.07) is 0.779. The van der Waals surface area contributed by atoms with Gasteiger partial charge in [-0.1, -0.05) is 13.3 Å². The highest BCUT2D eigenvalue weighted by Gasteiger charge is 2.19. The van der Waals surface area contributed by atoms with Crippen LogP contribution < -0.4 is 16.0 Å². The van der Waals surface area contributed by atoms with Crippen molar-refractivity contribution >= 4 is 5.96 Å². The summed E-state index contributed by atoms with van der Waals surface area (Å²) in [5.41, 5.74) is 0.169. The van der Waals surface area contributed by atoms with E-state index in [1.54, 1.807) is 0 Å². The summed E-state index contributed by atoms with van der Waals surface area (Å²) < 4.78 is 0. The molecule has 0 aromatic rings. The van der Waals surface area contributed by atoms with Crippen molar-refractivity contribution in [2.24, 2.45) is 4.99 Å². The second-order valence-corrected chi connectivity index (χ2v) is 7.20. The molecule has 3 N–H and O–H groups in total. The molecule has 1 heterocycles. The monoisotopic (exact) mass is 311 g/mol. The number of guanidine groups is 1. The van der Waals surface area contributed by atoms with Gasteiger partial charge < -0.3 is 16.0 Å². The molecule has 0 spiro atoms. The molecular formula is C17H37N5. The third kappa shape index (κ3) is 7.99. The van der Waals surface area contributed by atoms with Gasteiger partial charge in [0.1, 0.15) is 0 Å². The summed E-state index contributed by atoms with van der Waals surface area (Å²) in [4.78, 5) is 6.92. The highest BCUT2D eigenvalue weighted by molar-refractivity contribution is 5.79. The predicted octanol–water partition coefficient (Wildman–Crippen LogP) is 1.80. The third-order valence-electron chi connectivity index (χ3n) is 4.21. The van der Waals surface area contributed by atoms with Gasteiger partial charge in [-0.2, -0.15) is 0 Å². The number of hydrogen-bond acceptors (Lipinski definition) is 3. The summed E-state index contributed by atoms with van der Waals surface area (Å²) in [5, 5.41) is 10.3. The quantitative estimate of drug-likeness (QED) is 0.381. The van der Waals surface area contributed by atoms with E-state index in [0.29, 0.717) is 0 Å². The largest absolute Gasteiger partial charge is 0.355 e. The Morgan fingerprint density at radius 1 is 1.14 bits per heavy atom. The van der Waals surface area contributed by atoms with Crippen molar-refractivity contribution in [2.75, 3.05) is 39.8 Å². The summed E-state index contributed by atoms with van der Waals surface area (Å²) in [5.74, 6) is 0.903. The van der Waals surface area contributed by atoms with E-state index in [4.69, 9.17) is 0 Å². The lowest BCUT2D eigenvalue weighted by atomic mass is 10.0. The van der Waals surface area contributed by atoms with E-state index < -0.39 is 0 Å². The van der Waals surface area contributed by atoms with Crippen LogP contribution >= 0.6 is 0 Å². The molecule has 1 rings (SSSR count). The molecule has 1 aliphatic rings. The number of likely N-dealkylation sites (tertiary alicyclic amines) is 1. The number of rotatable bonds is 7. The van der Waals surface area contributed by atoms with Crippen LogP contribution in [-0.2, 0) is 0 Å². The maximum atomic E-state index is 4.29. The van der Waals surface area contributed by atoms with E-state index >= 15 is 0 Å². The van der Waals surface area contributed by atoms with Crippen molar-refractivity contribution in [3.05, 3.63) is 0 Å². The van der Waals surface area contributed by atoms with Crippen LogP contribution in [0.25, 0.3) is 0 Å². The number of piperidine rings is 1. The van der Waals surface area contributed by atoms with Crippen molar-refractivity contribution in [2.45, 2.75) is 65.0 Å². The molecule has 0 amide bonds. The van der Waals surface area contributed by atoms with E-state index in [-0.39, 0.29) is 5.54 Å². The predicted molar refractivity (Wildman–Crippen MR) is 96.6 cm³/mol. The SMILES string of the molecule is CCC1CCCCN1CCNC(=NC)NCCNC(C)(C)C. The summed E-state index contributed by atoms with van der Waals surface area (Å²) in [7, 11) is 1.84. The molecule has 1 aliphatic heterocycles. The fourth-order valence-electron chi connectivity index (χ4n) is 2.97. The van der Waals surface area contributed by atoms with Crippen LogP contribution in [0.15, 0.2) is 4.99 Å². The van der Waals surface area contributed by atoms with Crippen LogP contribution in [0.4, 0.5) is 0 Å². The van der Waals surface area contributed by atoms with E-state index in [0.717, 1.165) is 38.2 Å². The number of aliphatic imine (C=N–C) groups is 1. The average molecular weight is 312 g/mol. The van der Waals surface area contributed by atoms with Crippen molar-refractivity contribution in [3.63, 3.8) is 0 Å². The molecular weight excluding hydrogens is 274 g/mol. The molecule has 1 atom stereocenters. The Hall–Kier alpha value is -0.810. The molecule has 5 nitrogen and oxygen atoms in total. The molecule has 0 aliphatic carbocycles. The lowest BCUT2D eigenvalue weighted by Crippen LogP contribution is -2.47. The van der Waals surface area contributed by atoms with Gasteiger partial charge in [0.2, 0.25) is 0 Å². The number of nitrogens with zero attached hydrogens (tertiary/aromatic N) is 2. The lowest BCUT2D eigenvalue weighted by Gasteiger charge is -2.35. The standard InChI is InChI=1S/C17H37N5/c1-6-15-9-7-8-13-22(15)14-12-20-16(18-5)19-10-11-21-17(2,3)4/h15,21H,6-14H2,1-5H3,(H2,18,19,20). The van der Waals surface area contributed by atoms with Gasteiger partial charge in [-0.05, 0) is 46.6 Å². The van der Waals surface area contributed by atoms with Crippen molar-refractivity contribution in [1.82, 2.24) is 20.9 Å². The number of hydrogen-bond donors (Lipinski definition) is 3. The highest BCUT2D eigenvalue weighted by atomic mass is 15.2. The van der Waals surface area contributed by atoms with Crippen molar-refractivity contribution < 1.29 is 0 Å². The maximum Gasteiger partial charge on any atom is 0.191 e. The Morgan fingerprint density at radius 2 is 1.86 bits per heavy atom. The molecule has 1 unspecified atom stereocenters. The van der Waals surface area contributed by atoms with Gasteiger partial charge in [0.05, 0.1) is 0 Å². The second-order valence-electron chi connectivity index (χ2n) is 7.20. The van der Waals surface area contributed by atoms with Gasteiger partial charge in [-0.3, -0.25) is 9.89 Å². The molecule has 130 valence electrons. The summed E-state index contributed by atoms with van der Waals surface area (Å²) in [6.07, 6.45) is 5.38. The third-order valence-corrected chi connectivity index (χ3v) is 4.21. The first-order valence-electron chi connectivity index (χ1n) is 8.90. The molecule has 0 aromatic heterocycles. The smallest absolute Gasteiger partial charge is 0.191 e. The number of nitrogens with one attached hydrogen (secondary N) is 3. The molecule has 0 saturated carbocycles. The Labute approximate surface area is 137 Å². The minimum atomic E-state index is 0.169. The van der Waals surface area contributed by atoms with E-state index in [1.165, 1.54) is 32.2 Å². The van der Waals surface area contributed by atoms with Crippen molar-refractivity contribution in [3.8, 4) is 0 Å². The molecule has 0 bridgehead atoms. The zero-order valence-electron chi connectivity index (χ0n) is 15.3. The zero-order valence-corrected chi connectivity index (χ0v) is 15.3. The van der Waals surface area contributed by atoms with Gasteiger partial charge >= 0.3 is 0 Å². The zero-order chi connectivity index (χ0) is 16.4. The Bertz CT molecular complexity index is 322. The van der Waals surface area contributed by atoms with Crippen LogP contribution in [0.2, 0.25) is 0 Å². The molecule has 22 heavy (non-hydrogen) atoms. The first kappa shape index (κ1) is 19.2. The molecule has 0 aromatic carbocycles. The molecule has 5 heteroatoms. The van der Waals surface area contributed by atoms with Crippen LogP contribution in [0.1, 0.15) is 53.4 Å². The fraction of sp³-hybridized carbons (Fsp3) is 0.941. The minimum absolute atomic E-state index is 0.169. The van der Waals surface area contributed by atoms with Gasteiger partial charge in [0, 0.05) is 44.8 Å². The van der Waals surface area contributed by atoms with Crippen LogP contribution in [-0.4, -0.2) is 62.2 Å². The highest BCUT2D eigenvalue weighted by Crippen LogP contribution is 2.18. The van der Waals surface area contributed by atoms with Gasteiger partial charge in [0.15, 0.2) is 5.96 Å². The van der Waals surface area contributed by atoms with Crippen LogP contribution in [0.5, 0.6) is 0 Å². The van der Waals surface area contributed by atoms with Gasteiger partial charge in [0.25, 0.3) is 0 Å². The van der Waals surface area contributed by atoms with Gasteiger partial charge in [-0.15, -0.1) is 0 Å². The minimum Gasteiger partial charge on any atom is -0.355 e. The molecule has 1 fully saturated rings. The summed E-state index contributed by atoms with van der Waals surface area (Å²) in [6.45, 7) is 14.0. The summed E-state index contributed by atoms with van der Waals surface area (Å²) >= 11 is 0. The first-order chi connectivity index (χ1) is 10.5. The maximum absolute atomic E-state index is 4.29. The first-order valence-corrected chi connectivity index (χ1v) is 8.90.